The third-order valence-corrected chi connectivity index (χ3v) is 11.6. The van der Waals surface area contributed by atoms with Crippen LogP contribution >= 0.6 is 23.2 Å². The van der Waals surface area contributed by atoms with E-state index in [9.17, 15) is 29.4 Å². The molecule has 0 aromatic heterocycles. The highest BCUT2D eigenvalue weighted by atomic mass is 35.5. The van der Waals surface area contributed by atoms with E-state index < -0.39 is 71.0 Å². The summed E-state index contributed by atoms with van der Waals surface area (Å²) in [4.78, 5) is 70.4. The Morgan fingerprint density at radius 3 is 2.46 bits per heavy atom. The molecule has 0 radical (unpaired) electrons. The molecule has 0 spiro atoms. The molecule has 2 saturated heterocycles. The van der Waals surface area contributed by atoms with Gasteiger partial charge in [0.2, 0.25) is 11.8 Å². The highest BCUT2D eigenvalue weighted by molar-refractivity contribution is 6.36. The van der Waals surface area contributed by atoms with Crippen molar-refractivity contribution in [2.45, 2.75) is 37.0 Å². The van der Waals surface area contributed by atoms with Gasteiger partial charge in [0, 0.05) is 23.0 Å². The van der Waals surface area contributed by atoms with Crippen molar-refractivity contribution in [1.82, 2.24) is 9.91 Å². The van der Waals surface area contributed by atoms with Gasteiger partial charge in [-0.15, -0.1) is 6.58 Å². The Hall–Kier alpha value is -5.13. The van der Waals surface area contributed by atoms with E-state index in [-0.39, 0.29) is 35.8 Å². The molecule has 3 fully saturated rings. The SMILES string of the molecule is C=CCc1cccc(C2C3=CCC4C(=O)N(CCC(=O)O)C(=O)C4C3CC3C(=O)N(Nc4ccc(Cl)cc4Cl)C(=O)C32c2ccc(OC)cc2)c1O. The average Bonchev–Trinajstić information content (AvgIpc) is 3.50. The van der Waals surface area contributed by atoms with E-state index in [2.05, 4.69) is 12.0 Å². The number of carbonyl (C=O) groups excluding carboxylic acids is 4. The molecule has 2 aliphatic heterocycles. The van der Waals surface area contributed by atoms with Crippen molar-refractivity contribution in [2.75, 3.05) is 19.1 Å². The molecule has 11 nitrogen and oxygen atoms in total. The first-order valence-electron chi connectivity index (χ1n) is 16.9. The first-order chi connectivity index (χ1) is 24.9. The van der Waals surface area contributed by atoms with Crippen molar-refractivity contribution in [1.29, 1.82) is 0 Å². The van der Waals surface area contributed by atoms with Crippen LogP contribution in [-0.4, -0.2) is 63.4 Å². The predicted molar refractivity (Wildman–Crippen MR) is 192 cm³/mol. The van der Waals surface area contributed by atoms with Crippen LogP contribution in [-0.2, 0) is 35.8 Å². The summed E-state index contributed by atoms with van der Waals surface area (Å²) in [6.07, 6.45) is 3.61. The Kier molecular flexibility index (Phi) is 9.12. The summed E-state index contributed by atoms with van der Waals surface area (Å²) >= 11 is 12.7. The van der Waals surface area contributed by atoms with Crippen molar-refractivity contribution in [3.05, 3.63) is 112 Å². The Bertz CT molecular complexity index is 2070. The third kappa shape index (κ3) is 5.37. The number of carboxylic acid groups (broad SMARTS) is 1. The second kappa shape index (κ2) is 13.4. The van der Waals surface area contributed by atoms with Crippen molar-refractivity contribution in [3.63, 3.8) is 0 Å². The van der Waals surface area contributed by atoms with Crippen LogP contribution in [0.4, 0.5) is 5.69 Å². The van der Waals surface area contributed by atoms with E-state index in [1.54, 1.807) is 60.7 Å². The Morgan fingerprint density at radius 2 is 1.79 bits per heavy atom. The molecule has 1 saturated carbocycles. The van der Waals surface area contributed by atoms with E-state index in [1.807, 2.05) is 6.08 Å². The molecular weight excluding hydrogens is 709 g/mol. The molecule has 3 N–H and O–H groups in total. The van der Waals surface area contributed by atoms with Gasteiger partial charge in [-0.2, -0.15) is 5.01 Å². The number of fused-ring (bicyclic) bond motifs is 4. The van der Waals surface area contributed by atoms with Gasteiger partial charge in [-0.25, -0.2) is 0 Å². The molecule has 3 aromatic carbocycles. The third-order valence-electron chi connectivity index (χ3n) is 11.0. The number of para-hydroxylation sites is 1. The number of allylic oxidation sites excluding steroid dienone is 3. The van der Waals surface area contributed by atoms with Crippen LogP contribution in [0.25, 0.3) is 0 Å². The van der Waals surface area contributed by atoms with Gasteiger partial charge in [0.1, 0.15) is 11.5 Å². The number of amides is 4. The number of carboxylic acids is 1. The first-order valence-corrected chi connectivity index (χ1v) is 17.6. The number of aromatic hydroxyl groups is 1. The van der Waals surface area contributed by atoms with Crippen LogP contribution in [0, 0.1) is 23.7 Å². The molecule has 6 unspecified atom stereocenters. The first kappa shape index (κ1) is 35.3. The zero-order chi connectivity index (χ0) is 37.1. The molecule has 6 atom stereocenters. The number of nitrogens with one attached hydrogen (secondary N) is 1. The minimum Gasteiger partial charge on any atom is -0.507 e. The number of carbonyl (C=O) groups is 5. The second-order valence-electron chi connectivity index (χ2n) is 13.5. The van der Waals surface area contributed by atoms with Crippen molar-refractivity contribution in [2.24, 2.45) is 23.7 Å². The second-order valence-corrected chi connectivity index (χ2v) is 14.4. The minimum absolute atomic E-state index is 0.0194. The number of hydrazine groups is 1. The van der Waals surface area contributed by atoms with Crippen molar-refractivity contribution >= 4 is 58.5 Å². The molecule has 3 aromatic rings. The molecule has 2 heterocycles. The molecular formula is C39H35Cl2N3O8. The normalized spacial score (nSPS) is 26.4. The predicted octanol–water partition coefficient (Wildman–Crippen LogP) is 5.90. The summed E-state index contributed by atoms with van der Waals surface area (Å²) < 4.78 is 5.44. The maximum absolute atomic E-state index is 15.4. The number of imide groups is 2. The monoisotopic (exact) mass is 743 g/mol. The van der Waals surface area contributed by atoms with Gasteiger partial charge in [-0.05, 0) is 66.6 Å². The van der Waals surface area contributed by atoms with Crippen molar-refractivity contribution < 1.29 is 38.9 Å². The van der Waals surface area contributed by atoms with E-state index in [0.29, 0.717) is 39.5 Å². The zero-order valence-corrected chi connectivity index (χ0v) is 29.6. The lowest BCUT2D eigenvalue weighted by Crippen LogP contribution is -2.53. The lowest BCUT2D eigenvalue weighted by Gasteiger charge is -2.50. The topological polar surface area (TPSA) is 154 Å². The van der Waals surface area contributed by atoms with Crippen LogP contribution in [0.2, 0.25) is 10.0 Å². The smallest absolute Gasteiger partial charge is 0.305 e. The van der Waals surface area contributed by atoms with Crippen molar-refractivity contribution in [3.8, 4) is 11.5 Å². The molecule has 4 aliphatic rings. The summed E-state index contributed by atoms with van der Waals surface area (Å²) in [6.45, 7) is 3.55. The summed E-state index contributed by atoms with van der Waals surface area (Å²) in [7, 11) is 1.52. The largest absolute Gasteiger partial charge is 0.507 e. The summed E-state index contributed by atoms with van der Waals surface area (Å²) in [5.41, 5.74) is 3.61. The number of phenolic OH excluding ortho intramolecular Hbond substituents is 1. The maximum Gasteiger partial charge on any atom is 0.305 e. The lowest BCUT2D eigenvalue weighted by atomic mass is 9.49. The van der Waals surface area contributed by atoms with Gasteiger partial charge in [0.25, 0.3) is 11.8 Å². The fraction of sp³-hybridized carbons (Fsp3) is 0.308. The number of phenols is 1. The van der Waals surface area contributed by atoms with E-state index >= 15 is 4.79 Å². The minimum atomic E-state index is -1.65. The standard InChI is InChI=1S/C39H35Cl2N3O8/c1-3-5-20-6-4-7-26(34(20)47)33-24-13-14-25-32(37(50)43(35(25)48)17-16-31(45)46)27(24)19-28-36(49)44(42-30-15-10-22(40)18-29(30)41)38(51)39(28,33)21-8-11-23(52-2)12-9-21/h3-4,6-13,15,18,25,27-28,32-33,42,47H,1,5,14,16-17,19H2,2H3,(H,45,46). The summed E-state index contributed by atoms with van der Waals surface area (Å²) in [5, 5.41) is 22.8. The maximum atomic E-state index is 15.4. The molecule has 7 rings (SSSR count). The fourth-order valence-electron chi connectivity index (χ4n) is 8.85. The number of benzene rings is 3. The highest BCUT2D eigenvalue weighted by Crippen LogP contribution is 2.65. The Balaban J connectivity index is 1.46. The van der Waals surface area contributed by atoms with Gasteiger partial charge in [-0.3, -0.25) is 34.3 Å². The van der Waals surface area contributed by atoms with Crippen LogP contribution in [0.1, 0.15) is 41.9 Å². The van der Waals surface area contributed by atoms with E-state index in [0.717, 1.165) is 9.91 Å². The number of aliphatic carboxylic acids is 1. The number of halogens is 2. The van der Waals surface area contributed by atoms with E-state index in [4.69, 9.17) is 27.9 Å². The van der Waals surface area contributed by atoms with Gasteiger partial charge >= 0.3 is 5.97 Å². The number of anilines is 1. The quantitative estimate of drug-likeness (QED) is 0.170. The number of rotatable bonds is 10. The number of methoxy groups -OCH3 is 1. The van der Waals surface area contributed by atoms with Crippen LogP contribution in [0.3, 0.4) is 0 Å². The van der Waals surface area contributed by atoms with E-state index in [1.165, 1.54) is 13.2 Å². The number of hydrogen-bond acceptors (Lipinski definition) is 8. The number of likely N-dealkylation sites (tertiary alicyclic amines) is 1. The molecule has 13 heteroatoms. The van der Waals surface area contributed by atoms with Gasteiger partial charge in [0.15, 0.2) is 0 Å². The molecule has 2 aliphatic carbocycles. The average molecular weight is 745 g/mol. The Labute approximate surface area is 309 Å². The summed E-state index contributed by atoms with van der Waals surface area (Å²) in [6, 6.07) is 16.7. The summed E-state index contributed by atoms with van der Waals surface area (Å²) in [5.74, 6) is -7.26. The fourth-order valence-corrected chi connectivity index (χ4v) is 9.30. The molecule has 268 valence electrons. The molecule has 4 amide bonds. The molecule has 0 bridgehead atoms. The van der Waals surface area contributed by atoms with Crippen LogP contribution in [0.5, 0.6) is 11.5 Å². The Morgan fingerprint density at radius 1 is 1.04 bits per heavy atom. The number of ether oxygens (including phenoxy) is 1. The van der Waals surface area contributed by atoms with Gasteiger partial charge in [0.05, 0.1) is 47.4 Å². The molecule has 52 heavy (non-hydrogen) atoms. The highest BCUT2D eigenvalue weighted by Gasteiger charge is 2.70. The number of hydrogen-bond donors (Lipinski definition) is 3. The van der Waals surface area contributed by atoms with Crippen LogP contribution < -0.4 is 10.2 Å². The van der Waals surface area contributed by atoms with Crippen LogP contribution in [0.15, 0.2) is 85.0 Å². The lowest BCUT2D eigenvalue weighted by molar-refractivity contribution is -0.143. The van der Waals surface area contributed by atoms with Gasteiger partial charge < -0.3 is 14.9 Å². The van der Waals surface area contributed by atoms with Gasteiger partial charge in [-0.1, -0.05) is 71.3 Å². The zero-order valence-electron chi connectivity index (χ0n) is 28.1. The number of nitrogens with zero attached hydrogens (tertiary/aromatic N) is 2.